The van der Waals surface area contributed by atoms with E-state index in [4.69, 9.17) is 25.8 Å². The number of carbonyl (C=O) groups excluding carboxylic acids is 2. The van der Waals surface area contributed by atoms with E-state index in [0.717, 1.165) is 0 Å². The largest absolute Gasteiger partial charge is 0.507 e. The van der Waals surface area contributed by atoms with Crippen molar-refractivity contribution in [3.8, 4) is 17.2 Å². The molecule has 1 N–H and O–H groups in total. The number of rotatable bonds is 4. The topological polar surface area (TPSA) is 85.3 Å². The molecule has 1 amide bonds. The molecule has 2 aliphatic heterocycles. The van der Waals surface area contributed by atoms with Gasteiger partial charge in [0.25, 0.3) is 11.7 Å². The van der Waals surface area contributed by atoms with Gasteiger partial charge in [0.2, 0.25) is 6.79 Å². The number of aliphatic hydroxyl groups excluding tert-OH is 1. The van der Waals surface area contributed by atoms with E-state index in [9.17, 15) is 14.7 Å². The molecule has 0 aliphatic carbocycles. The summed E-state index contributed by atoms with van der Waals surface area (Å²) in [5.41, 5.74) is 1.36. The van der Waals surface area contributed by atoms with Gasteiger partial charge < -0.3 is 19.3 Å². The number of benzene rings is 3. The number of carbonyl (C=O) groups is 2. The maximum Gasteiger partial charge on any atom is 0.300 e. The van der Waals surface area contributed by atoms with Crippen molar-refractivity contribution in [2.75, 3.05) is 18.8 Å². The summed E-state index contributed by atoms with van der Waals surface area (Å²) in [4.78, 5) is 27.9. The molecule has 2 heterocycles. The van der Waals surface area contributed by atoms with E-state index in [1.807, 2.05) is 0 Å². The van der Waals surface area contributed by atoms with Crippen molar-refractivity contribution in [1.82, 2.24) is 0 Å². The van der Waals surface area contributed by atoms with E-state index in [1.54, 1.807) is 60.7 Å². The number of Topliss-reactive ketones (excluding diaryl/α,β-unsaturated/α-hetero) is 1. The third-order valence-electron chi connectivity index (χ3n) is 5.69. The average molecular weight is 543 g/mol. The molecule has 2 aliphatic rings. The molecule has 0 spiro atoms. The molecule has 5 rings (SSSR count). The molecule has 7 nitrogen and oxygen atoms in total. The zero-order valence-corrected chi connectivity index (χ0v) is 20.1. The summed E-state index contributed by atoms with van der Waals surface area (Å²) in [6.45, 7) is 0.0740. The smallest absolute Gasteiger partial charge is 0.300 e. The van der Waals surface area contributed by atoms with Crippen molar-refractivity contribution in [3.63, 3.8) is 0 Å². The van der Waals surface area contributed by atoms with Crippen LogP contribution in [-0.4, -0.2) is 30.7 Å². The van der Waals surface area contributed by atoms with Crippen LogP contribution in [0.4, 0.5) is 5.69 Å². The Morgan fingerprint density at radius 2 is 1.79 bits per heavy atom. The first kappa shape index (κ1) is 22.3. The Bertz CT molecular complexity index is 1350. The van der Waals surface area contributed by atoms with Crippen LogP contribution in [0.3, 0.4) is 0 Å². The van der Waals surface area contributed by atoms with Gasteiger partial charge in [-0.1, -0.05) is 23.7 Å². The molecule has 1 unspecified atom stereocenters. The lowest BCUT2D eigenvalue weighted by molar-refractivity contribution is -0.132. The summed E-state index contributed by atoms with van der Waals surface area (Å²) in [6, 6.07) is 15.8. The van der Waals surface area contributed by atoms with Crippen molar-refractivity contribution in [3.05, 3.63) is 86.9 Å². The molecule has 1 fully saturated rings. The zero-order chi connectivity index (χ0) is 24.0. The van der Waals surface area contributed by atoms with E-state index < -0.39 is 17.7 Å². The van der Waals surface area contributed by atoms with Crippen LogP contribution in [0.1, 0.15) is 17.2 Å². The Morgan fingerprint density at radius 1 is 1.06 bits per heavy atom. The van der Waals surface area contributed by atoms with Crippen LogP contribution in [0, 0.1) is 0 Å². The van der Waals surface area contributed by atoms with Crippen molar-refractivity contribution in [2.24, 2.45) is 0 Å². The van der Waals surface area contributed by atoms with Gasteiger partial charge in [0.15, 0.2) is 11.5 Å². The van der Waals surface area contributed by atoms with Gasteiger partial charge in [-0.2, -0.15) is 0 Å². The highest BCUT2D eigenvalue weighted by Gasteiger charge is 2.47. The Labute approximate surface area is 208 Å². The summed E-state index contributed by atoms with van der Waals surface area (Å²) >= 11 is 9.47. The first-order valence-electron chi connectivity index (χ1n) is 10.2. The van der Waals surface area contributed by atoms with Gasteiger partial charge in [0.05, 0.1) is 23.2 Å². The van der Waals surface area contributed by atoms with Crippen LogP contribution in [0.5, 0.6) is 17.2 Å². The molecule has 0 radical (unpaired) electrons. The molecule has 0 saturated carbocycles. The van der Waals surface area contributed by atoms with Crippen molar-refractivity contribution < 1.29 is 28.9 Å². The summed E-state index contributed by atoms with van der Waals surface area (Å²) in [5.74, 6) is -0.300. The summed E-state index contributed by atoms with van der Waals surface area (Å²) in [5, 5.41) is 11.8. The highest BCUT2D eigenvalue weighted by molar-refractivity contribution is 9.10. The number of ketones is 1. The van der Waals surface area contributed by atoms with E-state index in [0.29, 0.717) is 43.6 Å². The molecular weight excluding hydrogens is 526 g/mol. The van der Waals surface area contributed by atoms with Crippen LogP contribution < -0.4 is 19.1 Å². The summed E-state index contributed by atoms with van der Waals surface area (Å²) in [7, 11) is 1.52. The van der Waals surface area contributed by atoms with E-state index >= 15 is 0 Å². The lowest BCUT2D eigenvalue weighted by Gasteiger charge is -2.25. The van der Waals surface area contributed by atoms with Crippen molar-refractivity contribution in [2.45, 2.75) is 6.04 Å². The zero-order valence-electron chi connectivity index (χ0n) is 17.7. The molecule has 0 aromatic heterocycles. The van der Waals surface area contributed by atoms with E-state index in [-0.39, 0.29) is 18.1 Å². The number of hydrogen-bond donors (Lipinski definition) is 1. The number of anilines is 1. The fourth-order valence-electron chi connectivity index (χ4n) is 4.06. The van der Waals surface area contributed by atoms with Crippen LogP contribution in [-0.2, 0) is 9.59 Å². The monoisotopic (exact) mass is 541 g/mol. The minimum Gasteiger partial charge on any atom is -0.507 e. The van der Waals surface area contributed by atoms with E-state index in [1.165, 1.54) is 12.0 Å². The van der Waals surface area contributed by atoms with Gasteiger partial charge in [0.1, 0.15) is 11.5 Å². The van der Waals surface area contributed by atoms with Gasteiger partial charge in [-0.25, -0.2) is 0 Å². The van der Waals surface area contributed by atoms with Gasteiger partial charge >= 0.3 is 0 Å². The predicted molar refractivity (Wildman–Crippen MR) is 129 cm³/mol. The standard InChI is InChI=1S/C25H17BrClNO6/c1-32-18-8-4-14(10-17(18)26)23(29)21-22(13-2-5-15(27)6-3-13)28(25(31)24(21)30)16-7-9-19-20(11-16)34-12-33-19/h2-11,22,29H,12H2,1H3/b23-21+. The molecule has 1 atom stereocenters. The first-order valence-corrected chi connectivity index (χ1v) is 11.4. The van der Waals surface area contributed by atoms with Crippen LogP contribution in [0.15, 0.2) is 70.7 Å². The first-order chi connectivity index (χ1) is 16.4. The second-order valence-corrected chi connectivity index (χ2v) is 8.90. The van der Waals surface area contributed by atoms with Gasteiger partial charge in [-0.15, -0.1) is 0 Å². The number of halogens is 2. The molecular formula is C25H17BrClNO6. The van der Waals surface area contributed by atoms with E-state index in [2.05, 4.69) is 15.9 Å². The third-order valence-corrected chi connectivity index (χ3v) is 6.56. The van der Waals surface area contributed by atoms with Crippen molar-refractivity contribution >= 4 is 50.7 Å². The molecule has 172 valence electrons. The minimum atomic E-state index is -0.890. The lowest BCUT2D eigenvalue weighted by atomic mass is 9.95. The number of amides is 1. The maximum absolute atomic E-state index is 13.3. The number of hydrogen-bond acceptors (Lipinski definition) is 6. The van der Waals surface area contributed by atoms with Crippen LogP contribution in [0.25, 0.3) is 5.76 Å². The molecule has 1 saturated heterocycles. The molecule has 34 heavy (non-hydrogen) atoms. The summed E-state index contributed by atoms with van der Waals surface area (Å²) < 4.78 is 16.7. The molecule has 3 aromatic carbocycles. The van der Waals surface area contributed by atoms with Gasteiger partial charge in [-0.3, -0.25) is 14.5 Å². The maximum atomic E-state index is 13.3. The summed E-state index contributed by atoms with van der Waals surface area (Å²) in [6.07, 6.45) is 0. The Balaban J connectivity index is 1.69. The number of fused-ring (bicyclic) bond motifs is 1. The number of methoxy groups -OCH3 is 1. The quantitative estimate of drug-likeness (QED) is 0.268. The Kier molecular flexibility index (Phi) is 5.71. The molecule has 9 heteroatoms. The number of aliphatic hydroxyl groups is 1. The minimum absolute atomic E-state index is 0.0398. The van der Waals surface area contributed by atoms with Crippen molar-refractivity contribution in [1.29, 1.82) is 0 Å². The van der Waals surface area contributed by atoms with Gasteiger partial charge in [-0.05, 0) is 64.0 Å². The van der Waals surface area contributed by atoms with Crippen LogP contribution >= 0.6 is 27.5 Å². The second kappa shape index (κ2) is 8.70. The lowest BCUT2D eigenvalue weighted by Crippen LogP contribution is -2.29. The third kappa shape index (κ3) is 3.69. The SMILES string of the molecule is COc1ccc(/C(O)=C2\C(=O)C(=O)N(c3ccc4c(c3)OCO4)C2c2ccc(Cl)cc2)cc1Br. The highest BCUT2D eigenvalue weighted by Crippen LogP contribution is 2.45. The van der Waals surface area contributed by atoms with Crippen LogP contribution in [0.2, 0.25) is 5.02 Å². The molecule has 3 aromatic rings. The molecule has 0 bridgehead atoms. The predicted octanol–water partition coefficient (Wildman–Crippen LogP) is 5.47. The van der Waals surface area contributed by atoms with Gasteiger partial charge in [0, 0.05) is 22.3 Å². The second-order valence-electron chi connectivity index (χ2n) is 7.61. The average Bonchev–Trinajstić information content (AvgIpc) is 3.41. The normalized spacial score (nSPS) is 18.4. The Hall–Kier alpha value is -3.49. The number of nitrogens with zero attached hydrogens (tertiary/aromatic N) is 1. The highest BCUT2D eigenvalue weighted by atomic mass is 79.9. The number of ether oxygens (including phenoxy) is 3. The fraction of sp³-hybridized carbons (Fsp3) is 0.120. The Morgan fingerprint density at radius 3 is 2.50 bits per heavy atom. The fourth-order valence-corrected chi connectivity index (χ4v) is 4.73.